The summed E-state index contributed by atoms with van der Waals surface area (Å²) in [5.41, 5.74) is 1.18. The van der Waals surface area contributed by atoms with Gasteiger partial charge in [-0.3, -0.25) is 0 Å². The number of thiophene rings is 1. The van der Waals surface area contributed by atoms with Crippen LogP contribution in [0.3, 0.4) is 0 Å². The van der Waals surface area contributed by atoms with Gasteiger partial charge < -0.3 is 5.32 Å². The SMILES string of the molecule is CNC(c1ccc(Br)c(Cl)c1)c1ccc(C)s1. The number of nitrogens with one attached hydrogen (secondary N) is 1. The molecule has 0 radical (unpaired) electrons. The monoisotopic (exact) mass is 329 g/mol. The third-order valence-corrected chi connectivity index (χ3v) is 4.91. The maximum atomic E-state index is 6.14. The van der Waals surface area contributed by atoms with Crippen LogP contribution >= 0.6 is 38.9 Å². The van der Waals surface area contributed by atoms with Crippen molar-refractivity contribution in [1.29, 1.82) is 0 Å². The van der Waals surface area contributed by atoms with E-state index < -0.39 is 0 Å². The summed E-state index contributed by atoms with van der Waals surface area (Å²) in [7, 11) is 1.97. The van der Waals surface area contributed by atoms with E-state index in [2.05, 4.69) is 46.4 Å². The van der Waals surface area contributed by atoms with Crippen LogP contribution < -0.4 is 5.32 Å². The number of rotatable bonds is 3. The molecule has 2 rings (SSSR count). The zero-order chi connectivity index (χ0) is 12.4. The molecule has 1 atom stereocenters. The van der Waals surface area contributed by atoms with Crippen molar-refractivity contribution in [3.8, 4) is 0 Å². The van der Waals surface area contributed by atoms with Crippen LogP contribution in [0.5, 0.6) is 0 Å². The molecule has 90 valence electrons. The molecule has 0 saturated carbocycles. The molecule has 0 aliphatic carbocycles. The fraction of sp³-hybridized carbons (Fsp3) is 0.231. The first kappa shape index (κ1) is 13.1. The smallest absolute Gasteiger partial charge is 0.0669 e. The Morgan fingerprint density at radius 2 is 2.06 bits per heavy atom. The molecule has 0 spiro atoms. The zero-order valence-corrected chi connectivity index (χ0v) is 12.8. The number of benzene rings is 1. The van der Waals surface area contributed by atoms with Crippen LogP contribution in [0.1, 0.15) is 21.4 Å². The number of aryl methyl sites for hydroxylation is 1. The maximum Gasteiger partial charge on any atom is 0.0669 e. The maximum absolute atomic E-state index is 6.14. The van der Waals surface area contributed by atoms with E-state index in [4.69, 9.17) is 11.6 Å². The Morgan fingerprint density at radius 3 is 2.59 bits per heavy atom. The van der Waals surface area contributed by atoms with Gasteiger partial charge >= 0.3 is 0 Å². The Balaban J connectivity index is 2.38. The molecule has 1 N–H and O–H groups in total. The Labute approximate surface area is 119 Å². The van der Waals surface area contributed by atoms with Crippen molar-refractivity contribution in [2.24, 2.45) is 0 Å². The summed E-state index contributed by atoms with van der Waals surface area (Å²) in [6.45, 7) is 2.12. The van der Waals surface area contributed by atoms with Gasteiger partial charge in [0.15, 0.2) is 0 Å². The van der Waals surface area contributed by atoms with Crippen LogP contribution in [-0.4, -0.2) is 7.05 Å². The van der Waals surface area contributed by atoms with E-state index in [0.717, 1.165) is 9.50 Å². The van der Waals surface area contributed by atoms with Crippen LogP contribution in [0.4, 0.5) is 0 Å². The normalized spacial score (nSPS) is 12.7. The van der Waals surface area contributed by atoms with E-state index in [-0.39, 0.29) is 6.04 Å². The third-order valence-electron chi connectivity index (χ3n) is 2.61. The predicted molar refractivity (Wildman–Crippen MR) is 79.1 cm³/mol. The molecule has 17 heavy (non-hydrogen) atoms. The molecule has 4 heteroatoms. The second kappa shape index (κ2) is 5.53. The zero-order valence-electron chi connectivity index (χ0n) is 9.63. The molecular weight excluding hydrogens is 318 g/mol. The molecule has 0 saturated heterocycles. The number of halogens is 2. The van der Waals surface area contributed by atoms with Crippen molar-refractivity contribution in [3.63, 3.8) is 0 Å². The minimum atomic E-state index is 0.208. The lowest BCUT2D eigenvalue weighted by molar-refractivity contribution is 0.704. The summed E-state index contributed by atoms with van der Waals surface area (Å²) in [6.07, 6.45) is 0. The van der Waals surface area contributed by atoms with Crippen LogP contribution in [-0.2, 0) is 0 Å². The van der Waals surface area contributed by atoms with E-state index in [1.165, 1.54) is 15.3 Å². The van der Waals surface area contributed by atoms with Gasteiger partial charge in [-0.1, -0.05) is 17.7 Å². The van der Waals surface area contributed by atoms with Gasteiger partial charge in [-0.15, -0.1) is 11.3 Å². The topological polar surface area (TPSA) is 12.0 Å². The van der Waals surface area contributed by atoms with Crippen molar-refractivity contribution < 1.29 is 0 Å². The van der Waals surface area contributed by atoms with Gasteiger partial charge in [0.2, 0.25) is 0 Å². The van der Waals surface area contributed by atoms with Crippen molar-refractivity contribution in [2.75, 3.05) is 7.05 Å². The second-order valence-electron chi connectivity index (χ2n) is 3.84. The molecule has 1 heterocycles. The standard InChI is InChI=1S/C13H13BrClNS/c1-8-3-6-12(17-8)13(16-2)9-4-5-10(14)11(15)7-9/h3-7,13,16H,1-2H3. The summed E-state index contributed by atoms with van der Waals surface area (Å²) < 4.78 is 0.931. The Hall–Kier alpha value is -0.350. The Morgan fingerprint density at radius 1 is 1.29 bits per heavy atom. The van der Waals surface area contributed by atoms with E-state index in [1.54, 1.807) is 0 Å². The predicted octanol–water partition coefficient (Wildman–Crippen LogP) is 4.78. The molecule has 0 aliphatic heterocycles. The van der Waals surface area contributed by atoms with E-state index >= 15 is 0 Å². The molecular formula is C13H13BrClNS. The van der Waals surface area contributed by atoms with Gasteiger partial charge in [0, 0.05) is 14.2 Å². The lowest BCUT2D eigenvalue weighted by Gasteiger charge is -2.15. The van der Waals surface area contributed by atoms with Crippen molar-refractivity contribution >= 4 is 38.9 Å². The van der Waals surface area contributed by atoms with Gasteiger partial charge in [0.05, 0.1) is 11.1 Å². The Bertz CT molecular complexity index is 524. The molecule has 2 aromatic rings. The first-order valence-electron chi connectivity index (χ1n) is 5.30. The summed E-state index contributed by atoms with van der Waals surface area (Å²) in [4.78, 5) is 2.63. The summed E-state index contributed by atoms with van der Waals surface area (Å²) in [5, 5.41) is 4.08. The fourth-order valence-corrected chi connectivity index (χ4v) is 3.23. The minimum absolute atomic E-state index is 0.208. The summed E-state index contributed by atoms with van der Waals surface area (Å²) in [5.74, 6) is 0. The molecule has 1 aromatic heterocycles. The minimum Gasteiger partial charge on any atom is -0.309 e. The molecule has 1 aromatic carbocycles. The van der Waals surface area contributed by atoms with E-state index in [1.807, 2.05) is 30.5 Å². The summed E-state index contributed by atoms with van der Waals surface area (Å²) in [6, 6.07) is 10.6. The van der Waals surface area contributed by atoms with Crippen LogP contribution in [0, 0.1) is 6.92 Å². The molecule has 0 aliphatic rings. The highest BCUT2D eigenvalue weighted by atomic mass is 79.9. The van der Waals surface area contributed by atoms with Crippen molar-refractivity contribution in [3.05, 3.63) is 55.1 Å². The van der Waals surface area contributed by atoms with Gasteiger partial charge in [0.1, 0.15) is 0 Å². The first-order valence-corrected chi connectivity index (χ1v) is 7.29. The van der Waals surface area contributed by atoms with Gasteiger partial charge in [-0.2, -0.15) is 0 Å². The third kappa shape index (κ3) is 2.91. The van der Waals surface area contributed by atoms with Crippen molar-refractivity contribution in [1.82, 2.24) is 5.32 Å². The van der Waals surface area contributed by atoms with Gasteiger partial charge in [0.25, 0.3) is 0 Å². The van der Waals surface area contributed by atoms with Gasteiger partial charge in [-0.25, -0.2) is 0 Å². The fourth-order valence-electron chi connectivity index (χ4n) is 1.77. The highest BCUT2D eigenvalue weighted by Crippen LogP contribution is 2.31. The summed E-state index contributed by atoms with van der Waals surface area (Å²) >= 11 is 11.4. The van der Waals surface area contributed by atoms with Crippen LogP contribution in [0.2, 0.25) is 5.02 Å². The second-order valence-corrected chi connectivity index (χ2v) is 6.42. The molecule has 1 nitrogen and oxygen atoms in total. The van der Waals surface area contributed by atoms with E-state index in [0.29, 0.717) is 0 Å². The molecule has 0 amide bonds. The Kier molecular flexibility index (Phi) is 4.26. The average molecular weight is 331 g/mol. The molecule has 0 fully saturated rings. The highest BCUT2D eigenvalue weighted by Gasteiger charge is 2.14. The average Bonchev–Trinajstić information content (AvgIpc) is 2.71. The molecule has 0 bridgehead atoms. The van der Waals surface area contributed by atoms with Crippen LogP contribution in [0.15, 0.2) is 34.8 Å². The first-order chi connectivity index (χ1) is 8.11. The number of hydrogen-bond donors (Lipinski definition) is 1. The molecule has 1 unspecified atom stereocenters. The highest BCUT2D eigenvalue weighted by molar-refractivity contribution is 9.10. The lowest BCUT2D eigenvalue weighted by atomic mass is 10.1. The van der Waals surface area contributed by atoms with Gasteiger partial charge in [-0.05, 0) is 59.7 Å². The van der Waals surface area contributed by atoms with Crippen LogP contribution in [0.25, 0.3) is 0 Å². The largest absolute Gasteiger partial charge is 0.309 e. The van der Waals surface area contributed by atoms with E-state index in [9.17, 15) is 0 Å². The quantitative estimate of drug-likeness (QED) is 0.854. The lowest BCUT2D eigenvalue weighted by Crippen LogP contribution is -2.16. The van der Waals surface area contributed by atoms with Crippen molar-refractivity contribution in [2.45, 2.75) is 13.0 Å². The number of hydrogen-bond acceptors (Lipinski definition) is 2.